The van der Waals surface area contributed by atoms with Crippen molar-refractivity contribution in [3.05, 3.63) is 30.1 Å². The first-order chi connectivity index (χ1) is 10.0. The fourth-order valence-electron chi connectivity index (χ4n) is 2.75. The van der Waals surface area contributed by atoms with Gasteiger partial charge in [0, 0.05) is 18.9 Å². The maximum Gasteiger partial charge on any atom is 0.315 e. The summed E-state index contributed by atoms with van der Waals surface area (Å²) in [6.07, 6.45) is 6.41. The van der Waals surface area contributed by atoms with Crippen LogP contribution in [0.5, 0.6) is 0 Å². The van der Waals surface area contributed by atoms with Crippen LogP contribution >= 0.6 is 0 Å². The van der Waals surface area contributed by atoms with E-state index in [2.05, 4.69) is 15.6 Å². The van der Waals surface area contributed by atoms with Gasteiger partial charge >= 0.3 is 12.0 Å². The van der Waals surface area contributed by atoms with E-state index in [1.807, 2.05) is 19.1 Å². The number of carbonyl (C=O) groups excluding carboxylic acids is 1. The highest BCUT2D eigenvalue weighted by Crippen LogP contribution is 2.37. The van der Waals surface area contributed by atoms with Crippen LogP contribution in [-0.4, -0.2) is 28.6 Å². The molecule has 2 amide bonds. The number of rotatable bonds is 5. The van der Waals surface area contributed by atoms with Crippen molar-refractivity contribution in [2.45, 2.75) is 38.6 Å². The molecule has 21 heavy (non-hydrogen) atoms. The Morgan fingerprint density at radius 1 is 1.33 bits per heavy atom. The maximum atomic E-state index is 11.9. The predicted octanol–water partition coefficient (Wildman–Crippen LogP) is 2.09. The Morgan fingerprint density at radius 3 is 2.52 bits per heavy atom. The SMILES string of the molecule is CC(NC(=O)NCC1(C(=O)O)CCCC1)c1ccncc1. The second-order valence-electron chi connectivity index (χ2n) is 5.62. The molecule has 0 saturated heterocycles. The third kappa shape index (κ3) is 3.71. The highest BCUT2D eigenvalue weighted by atomic mass is 16.4. The molecule has 6 heteroatoms. The average Bonchev–Trinajstić information content (AvgIpc) is 2.96. The molecule has 1 fully saturated rings. The molecule has 1 unspecified atom stereocenters. The van der Waals surface area contributed by atoms with Crippen LogP contribution in [0.4, 0.5) is 4.79 Å². The molecule has 0 aliphatic heterocycles. The quantitative estimate of drug-likeness (QED) is 0.774. The van der Waals surface area contributed by atoms with Crippen LogP contribution in [0, 0.1) is 5.41 Å². The molecule has 2 rings (SSSR count). The van der Waals surface area contributed by atoms with Gasteiger partial charge in [0.2, 0.25) is 0 Å². The minimum Gasteiger partial charge on any atom is -0.481 e. The Kier molecular flexibility index (Phi) is 4.77. The van der Waals surface area contributed by atoms with Crippen LogP contribution in [0.3, 0.4) is 0 Å². The molecule has 1 aromatic heterocycles. The van der Waals surface area contributed by atoms with E-state index in [0.717, 1.165) is 18.4 Å². The summed E-state index contributed by atoms with van der Waals surface area (Å²) in [7, 11) is 0. The summed E-state index contributed by atoms with van der Waals surface area (Å²) in [6.45, 7) is 2.05. The summed E-state index contributed by atoms with van der Waals surface area (Å²) in [4.78, 5) is 27.2. The van der Waals surface area contributed by atoms with Crippen molar-refractivity contribution in [3.8, 4) is 0 Å². The molecule has 1 saturated carbocycles. The Morgan fingerprint density at radius 2 is 1.95 bits per heavy atom. The van der Waals surface area contributed by atoms with Crippen molar-refractivity contribution >= 4 is 12.0 Å². The van der Waals surface area contributed by atoms with Crippen LogP contribution in [-0.2, 0) is 4.79 Å². The number of hydrogen-bond acceptors (Lipinski definition) is 3. The molecular formula is C15H21N3O3. The second-order valence-corrected chi connectivity index (χ2v) is 5.62. The standard InChI is InChI=1S/C15H21N3O3/c1-11(12-4-8-16-9-5-12)18-14(21)17-10-15(13(19)20)6-2-3-7-15/h4-5,8-9,11H,2-3,6-7,10H2,1H3,(H,19,20)(H2,17,18,21). The van der Waals surface area contributed by atoms with Crippen LogP contribution in [0.25, 0.3) is 0 Å². The zero-order chi connectivity index (χ0) is 15.3. The summed E-state index contributed by atoms with van der Waals surface area (Å²) in [5.41, 5.74) is 0.158. The Bertz CT molecular complexity index is 498. The van der Waals surface area contributed by atoms with Gasteiger partial charge in [-0.15, -0.1) is 0 Å². The molecule has 114 valence electrons. The van der Waals surface area contributed by atoms with Crippen molar-refractivity contribution in [2.75, 3.05) is 6.54 Å². The van der Waals surface area contributed by atoms with Gasteiger partial charge in [-0.3, -0.25) is 9.78 Å². The largest absolute Gasteiger partial charge is 0.481 e. The van der Waals surface area contributed by atoms with Crippen molar-refractivity contribution in [1.29, 1.82) is 0 Å². The van der Waals surface area contributed by atoms with Crippen molar-refractivity contribution in [1.82, 2.24) is 15.6 Å². The van der Waals surface area contributed by atoms with Crippen molar-refractivity contribution < 1.29 is 14.7 Å². The summed E-state index contributed by atoms with van der Waals surface area (Å²) < 4.78 is 0. The lowest BCUT2D eigenvalue weighted by molar-refractivity contribution is -0.148. The number of aromatic nitrogens is 1. The molecule has 6 nitrogen and oxygen atoms in total. The number of carbonyl (C=O) groups is 2. The Labute approximate surface area is 124 Å². The molecule has 3 N–H and O–H groups in total. The van der Waals surface area contributed by atoms with Gasteiger partial charge in [-0.2, -0.15) is 0 Å². The summed E-state index contributed by atoms with van der Waals surface area (Å²) in [5, 5.41) is 14.9. The number of aliphatic carboxylic acids is 1. The summed E-state index contributed by atoms with van der Waals surface area (Å²) in [6, 6.07) is 3.17. The minimum absolute atomic E-state index is 0.155. The molecule has 0 radical (unpaired) electrons. The lowest BCUT2D eigenvalue weighted by Crippen LogP contribution is -2.45. The molecule has 1 heterocycles. The summed E-state index contributed by atoms with van der Waals surface area (Å²) >= 11 is 0. The van der Waals surface area contributed by atoms with E-state index in [9.17, 15) is 14.7 Å². The van der Waals surface area contributed by atoms with Crippen molar-refractivity contribution in [2.24, 2.45) is 5.41 Å². The monoisotopic (exact) mass is 291 g/mol. The number of hydrogen-bond donors (Lipinski definition) is 3. The molecular weight excluding hydrogens is 270 g/mol. The fraction of sp³-hybridized carbons (Fsp3) is 0.533. The van der Waals surface area contributed by atoms with Gasteiger partial charge in [0.1, 0.15) is 0 Å². The number of carboxylic acid groups (broad SMARTS) is 1. The van der Waals surface area contributed by atoms with E-state index in [4.69, 9.17) is 0 Å². The van der Waals surface area contributed by atoms with Crippen LogP contribution in [0.1, 0.15) is 44.2 Å². The number of carboxylic acids is 1. The molecule has 0 bridgehead atoms. The third-order valence-corrected chi connectivity index (χ3v) is 4.16. The van der Waals surface area contributed by atoms with Crippen LogP contribution in [0.15, 0.2) is 24.5 Å². The van der Waals surface area contributed by atoms with E-state index in [0.29, 0.717) is 12.8 Å². The number of nitrogens with one attached hydrogen (secondary N) is 2. The molecule has 0 spiro atoms. The third-order valence-electron chi connectivity index (χ3n) is 4.16. The van der Waals surface area contributed by atoms with Crippen molar-refractivity contribution in [3.63, 3.8) is 0 Å². The zero-order valence-electron chi connectivity index (χ0n) is 12.1. The first-order valence-corrected chi connectivity index (χ1v) is 7.21. The smallest absolute Gasteiger partial charge is 0.315 e. The Hall–Kier alpha value is -2.11. The number of pyridine rings is 1. The first-order valence-electron chi connectivity index (χ1n) is 7.21. The molecule has 1 aromatic rings. The predicted molar refractivity (Wildman–Crippen MR) is 77.7 cm³/mol. The number of amides is 2. The number of nitrogens with zero attached hydrogens (tertiary/aromatic N) is 1. The minimum atomic E-state index is -0.817. The normalized spacial score (nSPS) is 18.0. The van der Waals surface area contributed by atoms with Gasteiger partial charge in [-0.25, -0.2) is 4.79 Å². The highest BCUT2D eigenvalue weighted by molar-refractivity contribution is 5.78. The fourth-order valence-corrected chi connectivity index (χ4v) is 2.75. The van der Waals surface area contributed by atoms with Gasteiger partial charge in [0.15, 0.2) is 0 Å². The van der Waals surface area contributed by atoms with E-state index in [1.165, 1.54) is 0 Å². The highest BCUT2D eigenvalue weighted by Gasteiger charge is 2.41. The van der Waals surface area contributed by atoms with Gasteiger partial charge in [-0.05, 0) is 37.5 Å². The topological polar surface area (TPSA) is 91.3 Å². The van der Waals surface area contributed by atoms with E-state index in [-0.39, 0.29) is 18.6 Å². The van der Waals surface area contributed by atoms with Gasteiger partial charge in [0.25, 0.3) is 0 Å². The lowest BCUT2D eigenvalue weighted by Gasteiger charge is -2.24. The van der Waals surface area contributed by atoms with Crippen LogP contribution in [0.2, 0.25) is 0 Å². The van der Waals surface area contributed by atoms with E-state index < -0.39 is 11.4 Å². The van der Waals surface area contributed by atoms with Gasteiger partial charge in [0.05, 0.1) is 11.5 Å². The lowest BCUT2D eigenvalue weighted by atomic mass is 9.86. The van der Waals surface area contributed by atoms with Crippen LogP contribution < -0.4 is 10.6 Å². The molecule has 1 atom stereocenters. The molecule has 1 aliphatic rings. The van der Waals surface area contributed by atoms with Gasteiger partial charge in [-0.1, -0.05) is 12.8 Å². The average molecular weight is 291 g/mol. The van der Waals surface area contributed by atoms with E-state index >= 15 is 0 Å². The van der Waals surface area contributed by atoms with Gasteiger partial charge < -0.3 is 15.7 Å². The zero-order valence-corrected chi connectivity index (χ0v) is 12.1. The maximum absolute atomic E-state index is 11.9. The molecule has 0 aromatic carbocycles. The summed E-state index contributed by atoms with van der Waals surface area (Å²) in [5.74, 6) is -0.817. The second kappa shape index (κ2) is 6.56. The number of urea groups is 1. The Balaban J connectivity index is 1.86. The van der Waals surface area contributed by atoms with E-state index in [1.54, 1.807) is 12.4 Å². The first kappa shape index (κ1) is 15.3. The molecule has 1 aliphatic carbocycles.